The van der Waals surface area contributed by atoms with Gasteiger partial charge in [-0.15, -0.1) is 11.8 Å². The van der Waals surface area contributed by atoms with Gasteiger partial charge in [0.05, 0.1) is 10.6 Å². The molecule has 0 unspecified atom stereocenters. The number of hydrogen-bond donors (Lipinski definition) is 1. The highest BCUT2D eigenvalue weighted by Gasteiger charge is 2.34. The number of carbonyl (C=O) groups excluding carboxylic acids is 2. The lowest BCUT2D eigenvalue weighted by molar-refractivity contribution is -0.140. The molecule has 1 atom stereocenters. The van der Waals surface area contributed by atoms with Crippen LogP contribution in [0.3, 0.4) is 0 Å². The maximum atomic E-state index is 14.6. The van der Waals surface area contributed by atoms with Crippen LogP contribution in [0.5, 0.6) is 0 Å². The van der Waals surface area contributed by atoms with Crippen LogP contribution < -0.4 is 9.62 Å². The van der Waals surface area contributed by atoms with Gasteiger partial charge in [0.1, 0.15) is 12.6 Å². The van der Waals surface area contributed by atoms with E-state index in [9.17, 15) is 18.0 Å². The molecule has 0 aliphatic rings. The van der Waals surface area contributed by atoms with Crippen LogP contribution in [0.15, 0.2) is 113 Å². The van der Waals surface area contributed by atoms with Gasteiger partial charge < -0.3 is 10.2 Å². The Morgan fingerprint density at radius 3 is 2.13 bits per heavy atom. The number of unbranched alkanes of at least 4 members (excludes halogenated alkanes) is 1. The number of carbonyl (C=O) groups is 2. The lowest BCUT2D eigenvalue weighted by Crippen LogP contribution is -2.53. The van der Waals surface area contributed by atoms with E-state index in [1.54, 1.807) is 41.3 Å². The van der Waals surface area contributed by atoms with Crippen molar-refractivity contribution in [2.45, 2.75) is 62.4 Å². The van der Waals surface area contributed by atoms with Crippen molar-refractivity contribution in [3.05, 3.63) is 125 Å². The van der Waals surface area contributed by atoms with Gasteiger partial charge in [0, 0.05) is 24.4 Å². The molecule has 2 amide bonds. The largest absolute Gasteiger partial charge is 0.354 e. The molecule has 9 heteroatoms. The summed E-state index contributed by atoms with van der Waals surface area (Å²) in [5, 5.41) is 3.03. The number of amides is 2. The van der Waals surface area contributed by atoms with E-state index in [1.165, 1.54) is 11.8 Å². The average molecular weight is 658 g/mol. The van der Waals surface area contributed by atoms with Crippen LogP contribution in [0, 0.1) is 13.8 Å². The highest BCUT2D eigenvalue weighted by atomic mass is 32.2. The molecule has 0 aliphatic carbocycles. The quantitative estimate of drug-likeness (QED) is 0.113. The van der Waals surface area contributed by atoms with Crippen molar-refractivity contribution in [2.75, 3.05) is 23.7 Å². The normalized spacial score (nSPS) is 11.9. The van der Waals surface area contributed by atoms with Crippen LogP contribution in [0.25, 0.3) is 0 Å². The second-order valence-electron chi connectivity index (χ2n) is 11.3. The molecule has 4 aromatic rings. The summed E-state index contributed by atoms with van der Waals surface area (Å²) in [7, 11) is -4.15. The molecule has 1 N–H and O–H groups in total. The summed E-state index contributed by atoms with van der Waals surface area (Å²) in [5.74, 6) is -0.739. The number of anilines is 1. The number of thioether (sulfide) groups is 1. The molecule has 7 nitrogen and oxygen atoms in total. The first kappa shape index (κ1) is 34.8. The van der Waals surface area contributed by atoms with Crippen molar-refractivity contribution >= 4 is 39.3 Å². The molecule has 0 heterocycles. The smallest absolute Gasteiger partial charge is 0.264 e. The Morgan fingerprint density at radius 2 is 1.50 bits per heavy atom. The lowest BCUT2D eigenvalue weighted by Gasteiger charge is -2.34. The molecule has 4 rings (SSSR count). The summed E-state index contributed by atoms with van der Waals surface area (Å²) in [6.07, 6.45) is 3.93. The van der Waals surface area contributed by atoms with Crippen LogP contribution in [0.1, 0.15) is 42.0 Å². The third kappa shape index (κ3) is 9.01. The Labute approximate surface area is 278 Å². The monoisotopic (exact) mass is 657 g/mol. The SMILES string of the molecule is CCCCNC(=O)[C@H](Cc1ccccc1)N(Cc1ccccc1C)C(=O)CN(c1ccc(C)cc1)S(=O)(=O)c1ccc(SC)cc1. The number of rotatable bonds is 15. The molecule has 0 fully saturated rings. The standard InChI is InChI=1S/C37H43N3O4S2/c1-5-6-24-38-37(42)35(25-30-13-8-7-9-14-30)39(26-31-15-11-10-12-29(31)3)36(41)27-40(32-18-16-28(2)17-19-32)46(43,44)34-22-20-33(45-4)21-23-34/h7-23,35H,5-6,24-27H2,1-4H3,(H,38,42)/t35-/m0/s1. The molecule has 242 valence electrons. The first-order chi connectivity index (χ1) is 22.1. The summed E-state index contributed by atoms with van der Waals surface area (Å²) >= 11 is 1.52. The summed E-state index contributed by atoms with van der Waals surface area (Å²) in [6.45, 7) is 6.10. The fourth-order valence-corrected chi connectivity index (χ4v) is 6.97. The molecule has 46 heavy (non-hydrogen) atoms. The van der Waals surface area contributed by atoms with E-state index < -0.39 is 28.5 Å². The van der Waals surface area contributed by atoms with Gasteiger partial charge in [-0.3, -0.25) is 13.9 Å². The van der Waals surface area contributed by atoms with Crippen LogP contribution in [0.2, 0.25) is 0 Å². The third-order valence-corrected chi connectivity index (χ3v) is 10.5. The lowest BCUT2D eigenvalue weighted by atomic mass is 10.0. The third-order valence-electron chi connectivity index (χ3n) is 7.95. The maximum Gasteiger partial charge on any atom is 0.264 e. The Bertz CT molecular complexity index is 1690. The van der Waals surface area contributed by atoms with Crippen LogP contribution >= 0.6 is 11.8 Å². The summed E-state index contributed by atoms with van der Waals surface area (Å²) in [4.78, 5) is 31.0. The van der Waals surface area contributed by atoms with Crippen LogP contribution in [-0.2, 0) is 32.6 Å². The Balaban J connectivity index is 1.79. The predicted molar refractivity (Wildman–Crippen MR) is 188 cm³/mol. The number of sulfonamides is 1. The molecule has 0 bridgehead atoms. The predicted octanol–water partition coefficient (Wildman–Crippen LogP) is 6.78. The molecule has 4 aromatic carbocycles. The van der Waals surface area contributed by atoms with Gasteiger partial charge in [-0.05, 0) is 79.6 Å². The maximum absolute atomic E-state index is 14.6. The first-order valence-electron chi connectivity index (χ1n) is 15.5. The Kier molecular flexibility index (Phi) is 12.5. The van der Waals surface area contributed by atoms with Crippen LogP contribution in [-0.4, -0.2) is 50.5 Å². The zero-order valence-corrected chi connectivity index (χ0v) is 28.6. The van der Waals surface area contributed by atoms with Gasteiger partial charge in [0.25, 0.3) is 10.0 Å². The zero-order chi connectivity index (χ0) is 33.1. The summed E-state index contributed by atoms with van der Waals surface area (Å²) in [5.41, 5.74) is 4.09. The number of nitrogens with one attached hydrogen (secondary N) is 1. The number of aryl methyl sites for hydroxylation is 2. The first-order valence-corrected chi connectivity index (χ1v) is 18.2. The topological polar surface area (TPSA) is 86.8 Å². The van der Waals surface area contributed by atoms with Gasteiger partial charge in [-0.1, -0.05) is 85.6 Å². The fourth-order valence-electron chi connectivity index (χ4n) is 5.15. The Morgan fingerprint density at radius 1 is 0.848 bits per heavy atom. The Hall–Kier alpha value is -4.08. The minimum atomic E-state index is -4.15. The molecule has 0 saturated carbocycles. The van der Waals surface area contributed by atoms with Crippen molar-refractivity contribution in [3.63, 3.8) is 0 Å². The van der Waals surface area contributed by atoms with Crippen molar-refractivity contribution in [1.29, 1.82) is 0 Å². The summed E-state index contributed by atoms with van der Waals surface area (Å²) in [6, 6.07) is 30.2. The molecule has 0 saturated heterocycles. The zero-order valence-electron chi connectivity index (χ0n) is 27.0. The van der Waals surface area contributed by atoms with Gasteiger partial charge in [0.2, 0.25) is 11.8 Å². The molecule has 0 aromatic heterocycles. The van der Waals surface area contributed by atoms with Gasteiger partial charge in [-0.25, -0.2) is 8.42 Å². The second kappa shape index (κ2) is 16.5. The van der Waals surface area contributed by atoms with Crippen molar-refractivity contribution in [3.8, 4) is 0 Å². The summed E-state index contributed by atoms with van der Waals surface area (Å²) < 4.78 is 29.6. The number of benzene rings is 4. The number of hydrogen-bond acceptors (Lipinski definition) is 5. The van der Waals surface area contributed by atoms with Crippen LogP contribution in [0.4, 0.5) is 5.69 Å². The van der Waals surface area contributed by atoms with E-state index >= 15 is 0 Å². The second-order valence-corrected chi connectivity index (χ2v) is 14.1. The van der Waals surface area contributed by atoms with E-state index in [4.69, 9.17) is 0 Å². The number of nitrogens with zero attached hydrogens (tertiary/aromatic N) is 2. The van der Waals surface area contributed by atoms with Gasteiger partial charge in [0.15, 0.2) is 0 Å². The van der Waals surface area contributed by atoms with Crippen molar-refractivity contribution < 1.29 is 18.0 Å². The van der Waals surface area contributed by atoms with Crippen molar-refractivity contribution in [2.24, 2.45) is 0 Å². The molecule has 0 radical (unpaired) electrons. The van der Waals surface area contributed by atoms with Gasteiger partial charge in [-0.2, -0.15) is 0 Å². The fraction of sp³-hybridized carbons (Fsp3) is 0.297. The molecule has 0 spiro atoms. The van der Waals surface area contributed by atoms with E-state index in [2.05, 4.69) is 12.2 Å². The molecular weight excluding hydrogens is 615 g/mol. The highest BCUT2D eigenvalue weighted by molar-refractivity contribution is 7.98. The van der Waals surface area contributed by atoms with Gasteiger partial charge >= 0.3 is 0 Å². The van der Waals surface area contributed by atoms with E-state index in [0.717, 1.165) is 44.3 Å². The minimum absolute atomic E-state index is 0.0854. The average Bonchev–Trinajstić information content (AvgIpc) is 3.07. The minimum Gasteiger partial charge on any atom is -0.354 e. The van der Waals surface area contributed by atoms with E-state index in [-0.39, 0.29) is 23.8 Å². The highest BCUT2D eigenvalue weighted by Crippen LogP contribution is 2.27. The van der Waals surface area contributed by atoms with E-state index in [1.807, 2.05) is 86.8 Å². The molecular formula is C37H43N3O4S2. The van der Waals surface area contributed by atoms with E-state index in [0.29, 0.717) is 12.2 Å². The molecule has 0 aliphatic heterocycles. The van der Waals surface area contributed by atoms with Crippen molar-refractivity contribution in [1.82, 2.24) is 10.2 Å².